The normalized spacial score (nSPS) is 12.0. The Hall–Kier alpha value is -1.74. The van der Waals surface area contributed by atoms with Crippen LogP contribution < -0.4 is 10.4 Å². The fourth-order valence-corrected chi connectivity index (χ4v) is 2.69. The molecular weight excluding hydrogens is 411 g/mol. The van der Waals surface area contributed by atoms with E-state index in [4.69, 9.17) is 0 Å². The van der Waals surface area contributed by atoms with Crippen LogP contribution in [-0.2, 0) is 21.1 Å². The summed E-state index contributed by atoms with van der Waals surface area (Å²) < 4.78 is 0. The van der Waals surface area contributed by atoms with Gasteiger partial charge in [0.2, 0.25) is 0 Å². The van der Waals surface area contributed by atoms with Crippen LogP contribution in [0.2, 0.25) is 0 Å². The standard InChI is InChI=1S/C18H10.Pt/c1-2-8-14-13(7-1)15-9-3-4-11-17(15)18-12-6-5-10-16(14)18;/h1-10H;. The number of benzene rings is 3. The van der Waals surface area contributed by atoms with Crippen LogP contribution in [0.15, 0.2) is 54.6 Å². The molecule has 4 rings (SSSR count). The molecule has 0 atom stereocenters. The van der Waals surface area contributed by atoms with Crippen LogP contribution in [0.3, 0.4) is 0 Å². The molecule has 1 heteroatoms. The second kappa shape index (κ2) is 4.74. The van der Waals surface area contributed by atoms with Crippen LogP contribution in [0, 0.1) is 6.07 Å². The number of hydrogen-bond acceptors (Lipinski definition) is 0. The molecule has 0 aromatic heterocycles. The smallest absolute Gasteiger partial charge is 0.0828 e. The van der Waals surface area contributed by atoms with Crippen molar-refractivity contribution < 1.29 is 21.1 Å². The Labute approximate surface area is 126 Å². The van der Waals surface area contributed by atoms with Crippen molar-refractivity contribution in [2.75, 3.05) is 0 Å². The van der Waals surface area contributed by atoms with E-state index in [1.165, 1.54) is 21.4 Å². The van der Waals surface area contributed by atoms with Crippen molar-refractivity contribution in [3.8, 4) is 0 Å². The number of allylic oxidation sites excluding steroid dienone is 2. The van der Waals surface area contributed by atoms with Gasteiger partial charge in [0.15, 0.2) is 0 Å². The molecule has 0 aliphatic heterocycles. The molecule has 0 spiro atoms. The largest absolute Gasteiger partial charge is 0.140 e. The van der Waals surface area contributed by atoms with Gasteiger partial charge < -0.3 is 0 Å². The van der Waals surface area contributed by atoms with Gasteiger partial charge in [-0.1, -0.05) is 29.7 Å². The fraction of sp³-hybridized carbons (Fsp3) is 0. The molecule has 0 saturated carbocycles. The Bertz CT molecular complexity index is 841. The Morgan fingerprint density at radius 2 is 1.68 bits per heavy atom. The summed E-state index contributed by atoms with van der Waals surface area (Å²) in [5.74, 6) is 0. The van der Waals surface area contributed by atoms with E-state index in [2.05, 4.69) is 48.6 Å². The average Bonchev–Trinajstić information content (AvgIpc) is 2.48. The molecule has 0 N–H and O–H groups in total. The summed E-state index contributed by atoms with van der Waals surface area (Å²) >= 11 is 0. The van der Waals surface area contributed by atoms with E-state index < -0.39 is 0 Å². The van der Waals surface area contributed by atoms with Crippen molar-refractivity contribution >= 4 is 33.7 Å². The summed E-state index contributed by atoms with van der Waals surface area (Å²) in [7, 11) is 0. The number of rotatable bonds is 0. The molecule has 3 aromatic rings. The molecule has 92 valence electrons. The van der Waals surface area contributed by atoms with Crippen LogP contribution >= 0.6 is 0 Å². The SMILES string of the molecule is [C+]1=c2c(c3ccccc3c3ccc[c-]c23)=CC=C1.[Pt]. The summed E-state index contributed by atoms with van der Waals surface area (Å²) in [6.45, 7) is 0. The van der Waals surface area contributed by atoms with E-state index in [1.807, 2.05) is 24.3 Å². The molecule has 19 heavy (non-hydrogen) atoms. The Morgan fingerprint density at radius 3 is 2.58 bits per heavy atom. The molecular formula is C18H10Pt. The van der Waals surface area contributed by atoms with Crippen molar-refractivity contribution in [3.63, 3.8) is 0 Å². The van der Waals surface area contributed by atoms with E-state index in [-0.39, 0.29) is 21.1 Å². The zero-order valence-electron chi connectivity index (χ0n) is 10.1. The van der Waals surface area contributed by atoms with Crippen LogP contribution in [0.25, 0.3) is 33.7 Å². The van der Waals surface area contributed by atoms with E-state index in [0.717, 1.165) is 10.6 Å². The molecule has 0 fully saturated rings. The molecule has 0 bridgehead atoms. The Kier molecular flexibility index (Phi) is 3.07. The van der Waals surface area contributed by atoms with E-state index in [1.54, 1.807) is 0 Å². The quantitative estimate of drug-likeness (QED) is 0.387. The van der Waals surface area contributed by atoms with Gasteiger partial charge in [-0.25, -0.2) is 0 Å². The average molecular weight is 421 g/mol. The first kappa shape index (κ1) is 12.3. The second-order valence-electron chi connectivity index (χ2n) is 4.46. The Morgan fingerprint density at radius 1 is 0.895 bits per heavy atom. The minimum Gasteiger partial charge on any atom is -0.140 e. The molecule has 0 radical (unpaired) electrons. The minimum absolute atomic E-state index is 0. The first-order chi connectivity index (χ1) is 8.95. The molecule has 0 unspecified atom stereocenters. The predicted octanol–water partition coefficient (Wildman–Crippen LogP) is 2.80. The molecule has 1 aliphatic rings. The number of fused-ring (bicyclic) bond motifs is 6. The van der Waals surface area contributed by atoms with Crippen LogP contribution in [-0.4, -0.2) is 0 Å². The van der Waals surface area contributed by atoms with Crippen molar-refractivity contribution in [3.05, 3.63) is 71.1 Å². The molecule has 0 amide bonds. The van der Waals surface area contributed by atoms with Gasteiger partial charge in [-0.2, -0.15) is 0 Å². The van der Waals surface area contributed by atoms with Crippen molar-refractivity contribution in [2.45, 2.75) is 0 Å². The van der Waals surface area contributed by atoms with Crippen molar-refractivity contribution in [1.82, 2.24) is 0 Å². The van der Waals surface area contributed by atoms with Crippen LogP contribution in [0.5, 0.6) is 0 Å². The van der Waals surface area contributed by atoms with Crippen LogP contribution in [0.4, 0.5) is 0 Å². The molecule has 3 aromatic carbocycles. The van der Waals surface area contributed by atoms with Crippen molar-refractivity contribution in [1.29, 1.82) is 0 Å². The third kappa shape index (κ3) is 1.77. The third-order valence-corrected chi connectivity index (χ3v) is 3.47. The maximum atomic E-state index is 3.35. The zero-order valence-corrected chi connectivity index (χ0v) is 12.4. The van der Waals surface area contributed by atoms with Gasteiger partial charge in [0.05, 0.1) is 11.3 Å². The van der Waals surface area contributed by atoms with E-state index in [0.29, 0.717) is 0 Å². The summed E-state index contributed by atoms with van der Waals surface area (Å²) in [5.41, 5.74) is 0. The maximum Gasteiger partial charge on any atom is 0.0828 e. The van der Waals surface area contributed by atoms with Crippen LogP contribution in [0.1, 0.15) is 0 Å². The van der Waals surface area contributed by atoms with Gasteiger partial charge >= 0.3 is 0 Å². The Balaban J connectivity index is 0.00000110. The third-order valence-electron chi connectivity index (χ3n) is 3.47. The second-order valence-corrected chi connectivity index (χ2v) is 4.46. The van der Waals surface area contributed by atoms with Gasteiger partial charge in [0.1, 0.15) is 0 Å². The van der Waals surface area contributed by atoms with Gasteiger partial charge in [0.25, 0.3) is 0 Å². The molecule has 0 saturated heterocycles. The van der Waals surface area contributed by atoms with Crippen molar-refractivity contribution in [2.24, 2.45) is 0 Å². The monoisotopic (exact) mass is 421 g/mol. The van der Waals surface area contributed by atoms with E-state index >= 15 is 0 Å². The van der Waals surface area contributed by atoms with Gasteiger partial charge in [-0.3, -0.25) is 0 Å². The summed E-state index contributed by atoms with van der Waals surface area (Å²) in [6.07, 6.45) is 9.53. The topological polar surface area (TPSA) is 0 Å². The summed E-state index contributed by atoms with van der Waals surface area (Å²) in [5, 5.41) is 7.40. The molecule has 0 nitrogen and oxygen atoms in total. The molecule has 0 heterocycles. The first-order valence-corrected chi connectivity index (χ1v) is 6.07. The predicted molar refractivity (Wildman–Crippen MR) is 76.6 cm³/mol. The molecule has 1 aliphatic carbocycles. The van der Waals surface area contributed by atoms with Gasteiger partial charge in [0, 0.05) is 43.8 Å². The zero-order chi connectivity index (χ0) is 11.9. The maximum absolute atomic E-state index is 3.35. The summed E-state index contributed by atoms with van der Waals surface area (Å²) in [4.78, 5) is 0. The number of hydrogen-bond donors (Lipinski definition) is 0. The van der Waals surface area contributed by atoms with Gasteiger partial charge in [-0.05, 0) is 22.9 Å². The fourth-order valence-electron chi connectivity index (χ4n) is 2.69. The van der Waals surface area contributed by atoms with Gasteiger partial charge in [-0.15, -0.1) is 18.2 Å². The first-order valence-electron chi connectivity index (χ1n) is 6.07. The minimum atomic E-state index is 0. The summed E-state index contributed by atoms with van der Waals surface area (Å²) in [6, 6.07) is 18.1. The van der Waals surface area contributed by atoms with E-state index in [9.17, 15) is 0 Å².